The molecule has 0 aliphatic rings. The van der Waals surface area contributed by atoms with Gasteiger partial charge in [0.1, 0.15) is 0 Å². The third-order valence-corrected chi connectivity index (χ3v) is 3.82. The number of rotatable bonds is 4. The van der Waals surface area contributed by atoms with E-state index in [1.165, 1.54) is 16.8 Å². The molecule has 114 valence electrons. The van der Waals surface area contributed by atoms with Gasteiger partial charge in [-0.15, -0.1) is 0 Å². The third-order valence-electron chi connectivity index (χ3n) is 3.57. The summed E-state index contributed by atoms with van der Waals surface area (Å²) in [5, 5.41) is 8.97. The molecule has 4 heteroatoms. The summed E-state index contributed by atoms with van der Waals surface area (Å²) in [6.07, 6.45) is 0. The van der Waals surface area contributed by atoms with Gasteiger partial charge in [-0.25, -0.2) is 0 Å². The Morgan fingerprint density at radius 2 is 1.76 bits per heavy atom. The van der Waals surface area contributed by atoms with Crippen LogP contribution in [0.1, 0.15) is 43.3 Å². The van der Waals surface area contributed by atoms with Crippen LogP contribution >= 0.6 is 11.6 Å². The Kier molecular flexibility index (Phi) is 4.74. The molecule has 0 bridgehead atoms. The first kappa shape index (κ1) is 16.1. The van der Waals surface area contributed by atoms with Crippen molar-refractivity contribution in [1.82, 2.24) is 15.1 Å². The van der Waals surface area contributed by atoms with Crippen LogP contribution in [0.15, 0.2) is 24.3 Å². The first-order valence-electron chi connectivity index (χ1n) is 7.28. The lowest BCUT2D eigenvalue weighted by Crippen LogP contribution is -2.35. The van der Waals surface area contributed by atoms with Crippen LogP contribution in [-0.4, -0.2) is 15.3 Å². The number of nitrogens with one attached hydrogen (secondary N) is 1. The predicted molar refractivity (Wildman–Crippen MR) is 88.8 cm³/mol. The standard InChI is InChI=1S/C17H24ClN3/c1-12-16(10-19-17(3,4)5)13(2)21(20-12)11-14-6-8-15(18)9-7-14/h6-9,19H,10-11H2,1-5H3. The molecule has 2 rings (SSSR count). The molecule has 0 fully saturated rings. The lowest BCUT2D eigenvalue weighted by Gasteiger charge is -2.20. The van der Waals surface area contributed by atoms with Crippen LogP contribution in [0.3, 0.4) is 0 Å². The summed E-state index contributed by atoms with van der Waals surface area (Å²) in [5.74, 6) is 0. The zero-order valence-corrected chi connectivity index (χ0v) is 14.3. The maximum absolute atomic E-state index is 5.93. The molecule has 0 radical (unpaired) electrons. The highest BCUT2D eigenvalue weighted by molar-refractivity contribution is 6.30. The van der Waals surface area contributed by atoms with Gasteiger partial charge in [0.15, 0.2) is 0 Å². The van der Waals surface area contributed by atoms with Gasteiger partial charge in [0.25, 0.3) is 0 Å². The second kappa shape index (κ2) is 6.20. The summed E-state index contributed by atoms with van der Waals surface area (Å²) in [5.41, 5.74) is 4.92. The molecule has 0 unspecified atom stereocenters. The molecule has 0 amide bonds. The summed E-state index contributed by atoms with van der Waals surface area (Å²) in [6.45, 7) is 12.4. The Balaban J connectivity index is 2.16. The van der Waals surface area contributed by atoms with Crippen LogP contribution in [0.4, 0.5) is 0 Å². The number of aryl methyl sites for hydroxylation is 1. The topological polar surface area (TPSA) is 29.9 Å². The van der Waals surface area contributed by atoms with E-state index in [9.17, 15) is 0 Å². The minimum Gasteiger partial charge on any atom is -0.308 e. The fraction of sp³-hybridized carbons (Fsp3) is 0.471. The SMILES string of the molecule is Cc1nn(Cc2ccc(Cl)cc2)c(C)c1CNC(C)(C)C. The molecule has 3 nitrogen and oxygen atoms in total. The first-order valence-corrected chi connectivity index (χ1v) is 7.66. The summed E-state index contributed by atoms with van der Waals surface area (Å²) < 4.78 is 2.07. The van der Waals surface area contributed by atoms with Crippen LogP contribution < -0.4 is 5.32 Å². The van der Waals surface area contributed by atoms with Gasteiger partial charge in [-0.1, -0.05) is 23.7 Å². The molecular formula is C17H24ClN3. The van der Waals surface area contributed by atoms with Crippen molar-refractivity contribution >= 4 is 11.6 Å². The highest BCUT2D eigenvalue weighted by Gasteiger charge is 2.15. The van der Waals surface area contributed by atoms with Gasteiger partial charge in [0, 0.05) is 28.4 Å². The van der Waals surface area contributed by atoms with E-state index in [0.717, 1.165) is 23.8 Å². The number of hydrogen-bond acceptors (Lipinski definition) is 2. The van der Waals surface area contributed by atoms with Gasteiger partial charge in [-0.05, 0) is 52.3 Å². The number of aromatic nitrogens is 2. The quantitative estimate of drug-likeness (QED) is 0.922. The summed E-state index contributed by atoms with van der Waals surface area (Å²) >= 11 is 5.93. The van der Waals surface area contributed by atoms with Crippen LogP contribution in [0.5, 0.6) is 0 Å². The third kappa shape index (κ3) is 4.32. The van der Waals surface area contributed by atoms with E-state index < -0.39 is 0 Å². The second-order valence-electron chi connectivity index (χ2n) is 6.54. The lowest BCUT2D eigenvalue weighted by molar-refractivity contribution is 0.423. The summed E-state index contributed by atoms with van der Waals surface area (Å²) in [7, 11) is 0. The van der Waals surface area contributed by atoms with E-state index in [2.05, 4.69) is 49.7 Å². The highest BCUT2D eigenvalue weighted by Crippen LogP contribution is 2.17. The van der Waals surface area contributed by atoms with Crippen molar-refractivity contribution in [3.05, 3.63) is 51.8 Å². The van der Waals surface area contributed by atoms with Gasteiger partial charge in [-0.2, -0.15) is 5.10 Å². The highest BCUT2D eigenvalue weighted by atomic mass is 35.5. The van der Waals surface area contributed by atoms with Gasteiger partial charge in [-0.3, -0.25) is 4.68 Å². The Bertz CT molecular complexity index is 606. The van der Waals surface area contributed by atoms with Crippen molar-refractivity contribution in [1.29, 1.82) is 0 Å². The maximum Gasteiger partial charge on any atom is 0.0662 e. The van der Waals surface area contributed by atoms with Crippen molar-refractivity contribution in [2.24, 2.45) is 0 Å². The molecule has 1 heterocycles. The second-order valence-corrected chi connectivity index (χ2v) is 6.97. The van der Waals surface area contributed by atoms with Crippen LogP contribution in [0.2, 0.25) is 5.02 Å². The zero-order chi connectivity index (χ0) is 15.6. The molecular weight excluding hydrogens is 282 g/mol. The number of halogens is 1. The maximum atomic E-state index is 5.93. The van der Waals surface area contributed by atoms with E-state index in [4.69, 9.17) is 11.6 Å². The average Bonchev–Trinajstić information content (AvgIpc) is 2.64. The van der Waals surface area contributed by atoms with E-state index in [1.54, 1.807) is 0 Å². The number of benzene rings is 1. The fourth-order valence-electron chi connectivity index (χ4n) is 2.26. The van der Waals surface area contributed by atoms with Crippen LogP contribution in [0, 0.1) is 13.8 Å². The fourth-order valence-corrected chi connectivity index (χ4v) is 2.39. The predicted octanol–water partition coefficient (Wildman–Crippen LogP) is 4.09. The van der Waals surface area contributed by atoms with E-state index in [0.29, 0.717) is 0 Å². The van der Waals surface area contributed by atoms with Gasteiger partial charge in [0.2, 0.25) is 0 Å². The number of nitrogens with zero attached hydrogens (tertiary/aromatic N) is 2. The zero-order valence-electron chi connectivity index (χ0n) is 13.5. The molecule has 1 aromatic carbocycles. The molecule has 2 aromatic rings. The normalized spacial score (nSPS) is 11.9. The lowest BCUT2D eigenvalue weighted by atomic mass is 10.1. The van der Waals surface area contributed by atoms with Crippen molar-refractivity contribution in [2.75, 3.05) is 0 Å². The molecule has 1 N–H and O–H groups in total. The largest absolute Gasteiger partial charge is 0.308 e. The Morgan fingerprint density at radius 3 is 2.33 bits per heavy atom. The molecule has 21 heavy (non-hydrogen) atoms. The summed E-state index contributed by atoms with van der Waals surface area (Å²) in [6, 6.07) is 7.94. The Labute approximate surface area is 132 Å². The van der Waals surface area contributed by atoms with Gasteiger partial charge >= 0.3 is 0 Å². The smallest absolute Gasteiger partial charge is 0.0662 e. The monoisotopic (exact) mass is 305 g/mol. The molecule has 0 spiro atoms. The van der Waals surface area contributed by atoms with E-state index in [-0.39, 0.29) is 5.54 Å². The Morgan fingerprint density at radius 1 is 1.14 bits per heavy atom. The minimum atomic E-state index is 0.108. The van der Waals surface area contributed by atoms with Crippen molar-refractivity contribution in [3.8, 4) is 0 Å². The first-order chi connectivity index (χ1) is 9.76. The Hall–Kier alpha value is -1.32. The van der Waals surface area contributed by atoms with Crippen LogP contribution in [-0.2, 0) is 13.1 Å². The molecule has 0 aliphatic heterocycles. The van der Waals surface area contributed by atoms with Crippen molar-refractivity contribution < 1.29 is 0 Å². The molecule has 0 saturated carbocycles. The van der Waals surface area contributed by atoms with Gasteiger partial charge < -0.3 is 5.32 Å². The molecule has 1 aromatic heterocycles. The van der Waals surface area contributed by atoms with E-state index >= 15 is 0 Å². The molecule has 0 saturated heterocycles. The van der Waals surface area contributed by atoms with E-state index in [1.807, 2.05) is 24.3 Å². The average molecular weight is 306 g/mol. The molecule has 0 atom stereocenters. The van der Waals surface area contributed by atoms with Gasteiger partial charge in [0.05, 0.1) is 12.2 Å². The summed E-state index contributed by atoms with van der Waals surface area (Å²) in [4.78, 5) is 0. The van der Waals surface area contributed by atoms with Crippen molar-refractivity contribution in [2.45, 2.75) is 53.2 Å². The molecule has 0 aliphatic carbocycles. The minimum absolute atomic E-state index is 0.108. The van der Waals surface area contributed by atoms with Crippen LogP contribution in [0.25, 0.3) is 0 Å². The van der Waals surface area contributed by atoms with Crippen molar-refractivity contribution in [3.63, 3.8) is 0 Å². The number of hydrogen-bond donors (Lipinski definition) is 1.